The Bertz CT molecular complexity index is 219. The fraction of sp³-hybridized carbons (Fsp3) is 0.923. The molecule has 17 heavy (non-hydrogen) atoms. The van der Waals surface area contributed by atoms with Crippen LogP contribution in [0.3, 0.4) is 0 Å². The maximum Gasteiger partial charge on any atom is 0.152 e. The Kier molecular flexibility index (Phi) is 8.92. The second-order valence-corrected chi connectivity index (χ2v) is 5.86. The van der Waals surface area contributed by atoms with Gasteiger partial charge in [0.15, 0.2) is 5.78 Å². The van der Waals surface area contributed by atoms with Gasteiger partial charge in [0.1, 0.15) is 5.50 Å². The van der Waals surface area contributed by atoms with Crippen LogP contribution in [-0.4, -0.2) is 29.6 Å². The number of hydrogen-bond donors (Lipinski definition) is 2. The lowest BCUT2D eigenvalue weighted by atomic mass is 9.93. The van der Waals surface area contributed by atoms with Crippen molar-refractivity contribution in [1.82, 2.24) is 10.6 Å². The van der Waals surface area contributed by atoms with E-state index in [1.165, 1.54) is 0 Å². The number of carbonyl (C=O) groups excluding carboxylic acids is 1. The second-order valence-electron chi connectivity index (χ2n) is 4.65. The van der Waals surface area contributed by atoms with Gasteiger partial charge in [0.2, 0.25) is 0 Å². The van der Waals surface area contributed by atoms with Gasteiger partial charge in [-0.15, -0.1) is 11.8 Å². The maximum atomic E-state index is 12.0. The van der Waals surface area contributed by atoms with Crippen molar-refractivity contribution >= 4 is 17.5 Å². The molecule has 0 radical (unpaired) electrons. The average Bonchev–Trinajstić information content (AvgIpc) is 2.80. The highest BCUT2D eigenvalue weighted by molar-refractivity contribution is 8.00. The number of ketones is 1. The topological polar surface area (TPSA) is 41.1 Å². The second kappa shape index (κ2) is 8.95. The third kappa shape index (κ3) is 5.89. The first-order valence-electron chi connectivity index (χ1n) is 6.67. The lowest BCUT2D eigenvalue weighted by Gasteiger charge is -2.26. The summed E-state index contributed by atoms with van der Waals surface area (Å²) in [6.07, 6.45) is 0. The highest BCUT2D eigenvalue weighted by Gasteiger charge is 2.27. The van der Waals surface area contributed by atoms with Gasteiger partial charge in [0.25, 0.3) is 0 Å². The average molecular weight is 262 g/mol. The summed E-state index contributed by atoms with van der Waals surface area (Å²) in [6.45, 7) is 13.2. The van der Waals surface area contributed by atoms with Crippen LogP contribution >= 0.6 is 11.8 Å². The number of nitrogens with one attached hydrogen (secondary N) is 2. The summed E-state index contributed by atoms with van der Waals surface area (Å²) in [5.74, 6) is 1.90. The van der Waals surface area contributed by atoms with E-state index in [-0.39, 0.29) is 18.9 Å². The minimum atomic E-state index is -0.0203. The molecule has 2 N–H and O–H groups in total. The fourth-order valence-electron chi connectivity index (χ4n) is 1.66. The van der Waals surface area contributed by atoms with Crippen LogP contribution < -0.4 is 10.6 Å². The van der Waals surface area contributed by atoms with Crippen LogP contribution in [0.2, 0.25) is 0 Å². The Balaban J connectivity index is 0. The molecule has 0 spiro atoms. The zero-order chi connectivity index (χ0) is 13.4. The summed E-state index contributed by atoms with van der Waals surface area (Å²) >= 11 is 1.84. The Morgan fingerprint density at radius 1 is 1.35 bits per heavy atom. The molecule has 0 amide bonds. The molecule has 0 aromatic heterocycles. The highest BCUT2D eigenvalue weighted by Crippen LogP contribution is 2.16. The van der Waals surface area contributed by atoms with Gasteiger partial charge in [0, 0.05) is 19.6 Å². The van der Waals surface area contributed by atoms with Crippen LogP contribution in [0, 0.1) is 11.8 Å². The Hall–Kier alpha value is -0.0600. The summed E-state index contributed by atoms with van der Waals surface area (Å²) in [4.78, 5) is 12.0. The summed E-state index contributed by atoms with van der Waals surface area (Å²) in [5.41, 5.74) is 0.250. The molecule has 0 saturated carbocycles. The van der Waals surface area contributed by atoms with Gasteiger partial charge in [-0.25, -0.2) is 0 Å². The van der Waals surface area contributed by atoms with Gasteiger partial charge in [-0.3, -0.25) is 15.4 Å². The lowest BCUT2D eigenvalue weighted by molar-refractivity contribution is -0.125. The summed E-state index contributed by atoms with van der Waals surface area (Å²) in [5, 5.41) is 6.73. The largest absolute Gasteiger partial charge is 0.298 e. The molecule has 1 heterocycles. The molecule has 0 aromatic carbocycles. The van der Waals surface area contributed by atoms with Crippen molar-refractivity contribution in [1.29, 1.82) is 0 Å². The standard InChI is InChI=1S/C11H22N2OS.C2H6.H2/c1-7(2)9(10(14)8(3)4)13-11-12-5-6-15-11;1-2;/h7-9,11-13H,5-6H2,1-4H3;1-2H3;1H/t9-,11?;;/m0../s1. The van der Waals surface area contributed by atoms with E-state index in [1.54, 1.807) is 0 Å². The summed E-state index contributed by atoms with van der Waals surface area (Å²) in [7, 11) is 0. The molecule has 2 atom stereocenters. The molecule has 1 fully saturated rings. The molecule has 1 unspecified atom stereocenters. The zero-order valence-corrected chi connectivity index (χ0v) is 12.9. The van der Waals surface area contributed by atoms with Crippen LogP contribution in [0.4, 0.5) is 0 Å². The third-order valence-corrected chi connectivity index (χ3v) is 3.67. The molecule has 0 bridgehead atoms. The lowest BCUT2D eigenvalue weighted by Crippen LogP contribution is -2.50. The van der Waals surface area contributed by atoms with Crippen LogP contribution in [0.5, 0.6) is 0 Å². The highest BCUT2D eigenvalue weighted by atomic mass is 32.2. The molecule has 4 heteroatoms. The molecule has 1 aliphatic rings. The van der Waals surface area contributed by atoms with Gasteiger partial charge in [-0.2, -0.15) is 0 Å². The molecule has 104 valence electrons. The van der Waals surface area contributed by atoms with Crippen molar-refractivity contribution in [2.75, 3.05) is 12.3 Å². The number of carbonyl (C=O) groups is 1. The molecular formula is C13H30N2OS. The Morgan fingerprint density at radius 2 is 1.94 bits per heavy atom. The predicted octanol–water partition coefficient (Wildman–Crippen LogP) is 2.72. The van der Waals surface area contributed by atoms with Crippen molar-refractivity contribution in [2.45, 2.75) is 53.1 Å². The molecule has 1 aliphatic heterocycles. The van der Waals surface area contributed by atoms with Crippen molar-refractivity contribution in [3.63, 3.8) is 0 Å². The molecular weight excluding hydrogens is 232 g/mol. The van der Waals surface area contributed by atoms with Crippen LogP contribution in [0.1, 0.15) is 43.0 Å². The van der Waals surface area contributed by atoms with E-state index in [9.17, 15) is 4.79 Å². The minimum absolute atomic E-state index is 0. The molecule has 1 rings (SSSR count). The SMILES string of the molecule is CC.CC(C)C(=O)[C@@H](NC1NCCS1)C(C)C.[HH]. The van der Waals surface area contributed by atoms with E-state index in [1.807, 2.05) is 39.5 Å². The van der Waals surface area contributed by atoms with Gasteiger partial charge >= 0.3 is 0 Å². The van der Waals surface area contributed by atoms with Crippen molar-refractivity contribution in [2.24, 2.45) is 11.8 Å². The number of Topliss-reactive ketones (excluding diaryl/α,β-unsaturated/α-hetero) is 1. The summed E-state index contributed by atoms with van der Waals surface area (Å²) < 4.78 is 0. The van der Waals surface area contributed by atoms with Crippen molar-refractivity contribution in [3.8, 4) is 0 Å². The molecule has 3 nitrogen and oxygen atoms in total. The normalized spacial score (nSPS) is 21.3. The number of hydrogen-bond acceptors (Lipinski definition) is 4. The van der Waals surface area contributed by atoms with Crippen LogP contribution in [0.25, 0.3) is 0 Å². The Morgan fingerprint density at radius 3 is 2.29 bits per heavy atom. The monoisotopic (exact) mass is 262 g/mol. The Labute approximate surface area is 112 Å². The third-order valence-electron chi connectivity index (χ3n) is 2.59. The first kappa shape index (κ1) is 16.9. The quantitative estimate of drug-likeness (QED) is 0.799. The smallest absolute Gasteiger partial charge is 0.152 e. The van der Waals surface area contributed by atoms with E-state index in [2.05, 4.69) is 24.5 Å². The molecule has 0 aliphatic carbocycles. The van der Waals surface area contributed by atoms with E-state index >= 15 is 0 Å². The minimum Gasteiger partial charge on any atom is -0.298 e. The van der Waals surface area contributed by atoms with E-state index < -0.39 is 0 Å². The van der Waals surface area contributed by atoms with Crippen molar-refractivity contribution in [3.05, 3.63) is 0 Å². The van der Waals surface area contributed by atoms with Crippen LogP contribution in [-0.2, 0) is 4.79 Å². The fourth-order valence-corrected chi connectivity index (χ4v) is 2.61. The van der Waals surface area contributed by atoms with E-state index in [0.717, 1.165) is 12.3 Å². The zero-order valence-electron chi connectivity index (χ0n) is 12.0. The maximum absolute atomic E-state index is 12.0. The first-order valence-corrected chi connectivity index (χ1v) is 7.72. The van der Waals surface area contributed by atoms with Gasteiger partial charge in [-0.05, 0) is 5.92 Å². The van der Waals surface area contributed by atoms with Crippen molar-refractivity contribution < 1.29 is 6.22 Å². The number of rotatable bonds is 5. The molecule has 0 aromatic rings. The first-order chi connectivity index (χ1) is 8.02. The molecule has 1 saturated heterocycles. The predicted molar refractivity (Wildman–Crippen MR) is 79.3 cm³/mol. The van der Waals surface area contributed by atoms with Crippen LogP contribution in [0.15, 0.2) is 0 Å². The van der Waals surface area contributed by atoms with Gasteiger partial charge < -0.3 is 0 Å². The summed E-state index contributed by atoms with van der Waals surface area (Å²) in [6, 6.07) is -0.0203. The van der Waals surface area contributed by atoms with Gasteiger partial charge in [0.05, 0.1) is 6.04 Å². The van der Waals surface area contributed by atoms with E-state index in [4.69, 9.17) is 0 Å². The van der Waals surface area contributed by atoms with Gasteiger partial charge in [-0.1, -0.05) is 41.5 Å². The van der Waals surface area contributed by atoms with E-state index in [0.29, 0.717) is 11.7 Å². The number of thioether (sulfide) groups is 1.